The Balaban J connectivity index is 1.29. The molecule has 9 heteroatoms. The smallest absolute Gasteiger partial charge is 0.246 e. The van der Waals surface area contributed by atoms with Crippen LogP contribution in [0.1, 0.15) is 5.89 Å². The van der Waals surface area contributed by atoms with Crippen molar-refractivity contribution >= 4 is 11.8 Å². The van der Waals surface area contributed by atoms with Crippen LogP contribution in [0.5, 0.6) is 0 Å². The molecule has 0 aromatic carbocycles. The van der Waals surface area contributed by atoms with Gasteiger partial charge in [0.15, 0.2) is 0 Å². The number of hydrogen-bond acceptors (Lipinski definition) is 7. The molecule has 2 bridgehead atoms. The van der Waals surface area contributed by atoms with E-state index in [9.17, 15) is 9.59 Å². The molecule has 4 atom stereocenters. The number of ether oxygens (including phenoxy) is 1. The Morgan fingerprint density at radius 3 is 3.15 bits per heavy atom. The van der Waals surface area contributed by atoms with E-state index in [1.54, 1.807) is 30.3 Å². The molecule has 3 aliphatic rings. The van der Waals surface area contributed by atoms with Crippen LogP contribution >= 0.6 is 0 Å². The number of likely N-dealkylation sites (tertiary alicyclic amines) is 1. The van der Waals surface area contributed by atoms with Crippen molar-refractivity contribution in [3.8, 4) is 11.5 Å². The average Bonchev–Trinajstić information content (AvgIpc) is 3.42. The summed E-state index contributed by atoms with van der Waals surface area (Å²) in [6.07, 6.45) is 5.06. The van der Waals surface area contributed by atoms with Crippen molar-refractivity contribution in [1.29, 1.82) is 0 Å². The van der Waals surface area contributed by atoms with Gasteiger partial charge in [-0.2, -0.15) is 4.98 Å². The zero-order valence-corrected chi connectivity index (χ0v) is 14.5. The lowest BCUT2D eigenvalue weighted by Crippen LogP contribution is -2.43. The number of nitrogens with zero attached hydrogens (tertiary/aromatic N) is 4. The standard InChI is InChI=1S/C18H17N5O4/c1-23-9-18-6-5-11(26-18)13(14(18)17(23)25)16(24)20-8-12-21-15(22-27-12)10-4-2-3-7-19-10/h2-7,11,13-14H,8-9H2,1H3,(H,20,24)/t11-,13-,14+,18-/m0/s1. The van der Waals surface area contributed by atoms with Gasteiger partial charge in [0.25, 0.3) is 0 Å². The lowest BCUT2D eigenvalue weighted by Gasteiger charge is -2.23. The minimum Gasteiger partial charge on any atom is -0.360 e. The zero-order valence-electron chi connectivity index (χ0n) is 14.5. The van der Waals surface area contributed by atoms with E-state index in [1.165, 1.54) is 0 Å². The predicted molar refractivity (Wildman–Crippen MR) is 90.7 cm³/mol. The quantitative estimate of drug-likeness (QED) is 0.767. The van der Waals surface area contributed by atoms with E-state index >= 15 is 0 Å². The fraction of sp³-hybridized carbons (Fsp3) is 0.389. The van der Waals surface area contributed by atoms with Gasteiger partial charge < -0.3 is 19.5 Å². The Morgan fingerprint density at radius 1 is 1.44 bits per heavy atom. The lowest BCUT2D eigenvalue weighted by molar-refractivity contribution is -0.136. The van der Waals surface area contributed by atoms with Crippen molar-refractivity contribution < 1.29 is 18.8 Å². The van der Waals surface area contributed by atoms with Gasteiger partial charge in [0.2, 0.25) is 23.5 Å². The van der Waals surface area contributed by atoms with Gasteiger partial charge in [-0.1, -0.05) is 23.4 Å². The highest BCUT2D eigenvalue weighted by molar-refractivity contribution is 5.92. The van der Waals surface area contributed by atoms with E-state index in [0.29, 0.717) is 18.1 Å². The van der Waals surface area contributed by atoms with Crippen LogP contribution in [-0.4, -0.2) is 57.1 Å². The predicted octanol–water partition coefficient (Wildman–Crippen LogP) is 0.160. The topological polar surface area (TPSA) is 110 Å². The molecule has 0 unspecified atom stereocenters. The van der Waals surface area contributed by atoms with Crippen LogP contribution in [0, 0.1) is 11.8 Å². The second-order valence-electron chi connectivity index (χ2n) is 7.04. The maximum Gasteiger partial charge on any atom is 0.246 e. The van der Waals surface area contributed by atoms with Crippen molar-refractivity contribution in [1.82, 2.24) is 25.3 Å². The van der Waals surface area contributed by atoms with Gasteiger partial charge in [0.05, 0.1) is 31.0 Å². The summed E-state index contributed by atoms with van der Waals surface area (Å²) in [6.45, 7) is 0.555. The van der Waals surface area contributed by atoms with Crippen LogP contribution in [0.4, 0.5) is 0 Å². The lowest BCUT2D eigenvalue weighted by atomic mass is 9.77. The summed E-state index contributed by atoms with van der Waals surface area (Å²) in [4.78, 5) is 35.3. The summed E-state index contributed by atoms with van der Waals surface area (Å²) in [5.41, 5.74) is -0.0817. The fourth-order valence-electron chi connectivity index (χ4n) is 4.20. The third-order valence-corrected chi connectivity index (χ3v) is 5.37. The van der Waals surface area contributed by atoms with Gasteiger partial charge in [-0.05, 0) is 12.1 Å². The molecular formula is C18H17N5O4. The first-order valence-corrected chi connectivity index (χ1v) is 8.71. The highest BCUT2D eigenvalue weighted by Crippen LogP contribution is 2.51. The molecule has 0 radical (unpaired) electrons. The Labute approximate surface area is 154 Å². The summed E-state index contributed by atoms with van der Waals surface area (Å²) >= 11 is 0. The Morgan fingerprint density at radius 2 is 2.33 bits per heavy atom. The molecular weight excluding hydrogens is 350 g/mol. The van der Waals surface area contributed by atoms with Gasteiger partial charge in [-0.3, -0.25) is 14.6 Å². The summed E-state index contributed by atoms with van der Waals surface area (Å²) in [7, 11) is 1.73. The second-order valence-corrected chi connectivity index (χ2v) is 7.04. The summed E-state index contributed by atoms with van der Waals surface area (Å²) < 4.78 is 11.2. The molecule has 3 aliphatic heterocycles. The zero-order chi connectivity index (χ0) is 18.6. The number of carbonyl (C=O) groups is 2. The van der Waals surface area contributed by atoms with Crippen molar-refractivity contribution in [2.75, 3.05) is 13.6 Å². The molecule has 5 heterocycles. The van der Waals surface area contributed by atoms with E-state index in [2.05, 4.69) is 20.4 Å². The summed E-state index contributed by atoms with van der Waals surface area (Å²) in [6, 6.07) is 5.40. The molecule has 2 aromatic rings. The van der Waals surface area contributed by atoms with E-state index in [-0.39, 0.29) is 30.4 Å². The number of aromatic nitrogens is 3. The third-order valence-electron chi connectivity index (χ3n) is 5.37. The molecule has 2 saturated heterocycles. The number of rotatable bonds is 4. The van der Waals surface area contributed by atoms with Gasteiger partial charge in [0, 0.05) is 13.2 Å². The van der Waals surface area contributed by atoms with Crippen LogP contribution in [0.25, 0.3) is 11.5 Å². The summed E-state index contributed by atoms with van der Waals surface area (Å²) in [5.74, 6) is -0.713. The molecule has 2 amide bonds. The highest BCUT2D eigenvalue weighted by atomic mass is 16.5. The average molecular weight is 367 g/mol. The van der Waals surface area contributed by atoms with Crippen molar-refractivity contribution in [2.24, 2.45) is 11.8 Å². The Hall–Kier alpha value is -3.07. The number of carbonyl (C=O) groups excluding carboxylic acids is 2. The number of fused-ring (bicyclic) bond motifs is 1. The minimum atomic E-state index is -0.671. The maximum atomic E-state index is 12.8. The van der Waals surface area contributed by atoms with Crippen molar-refractivity contribution in [3.05, 3.63) is 42.4 Å². The Bertz CT molecular complexity index is 942. The fourth-order valence-corrected chi connectivity index (χ4v) is 4.20. The Kier molecular flexibility index (Phi) is 3.41. The minimum absolute atomic E-state index is 0.0581. The number of pyridine rings is 1. The van der Waals surface area contributed by atoms with Crippen molar-refractivity contribution in [2.45, 2.75) is 18.2 Å². The van der Waals surface area contributed by atoms with Crippen LogP contribution in [0.2, 0.25) is 0 Å². The number of hydrogen-bond donors (Lipinski definition) is 1. The first kappa shape index (κ1) is 16.1. The van der Waals surface area contributed by atoms with Gasteiger partial charge in [-0.25, -0.2) is 0 Å². The molecule has 0 saturated carbocycles. The third kappa shape index (κ3) is 2.38. The van der Waals surface area contributed by atoms with Crippen molar-refractivity contribution in [3.63, 3.8) is 0 Å². The molecule has 1 spiro atoms. The normalized spacial score (nSPS) is 30.8. The first-order chi connectivity index (χ1) is 13.1. The largest absolute Gasteiger partial charge is 0.360 e. The highest BCUT2D eigenvalue weighted by Gasteiger charge is 2.66. The van der Waals surface area contributed by atoms with E-state index < -0.39 is 17.4 Å². The number of nitrogens with one attached hydrogen (secondary N) is 1. The molecule has 9 nitrogen and oxygen atoms in total. The van der Waals surface area contributed by atoms with Crippen LogP contribution in [-0.2, 0) is 20.9 Å². The van der Waals surface area contributed by atoms with Gasteiger partial charge in [0.1, 0.15) is 11.3 Å². The van der Waals surface area contributed by atoms with E-state index in [0.717, 1.165) is 0 Å². The molecule has 2 aromatic heterocycles. The second kappa shape index (κ2) is 5.71. The SMILES string of the molecule is CN1C[C@]23C=C[C@H](O2)[C@H](C(=O)NCc2nc(-c4ccccn4)no2)[C@@H]3C1=O. The first-order valence-electron chi connectivity index (χ1n) is 8.71. The van der Waals surface area contributed by atoms with Gasteiger partial charge >= 0.3 is 0 Å². The molecule has 2 fully saturated rings. The molecule has 5 rings (SSSR count). The number of likely N-dealkylation sites (N-methyl/N-ethyl adjacent to an activating group) is 1. The molecule has 0 aliphatic carbocycles. The molecule has 138 valence electrons. The van der Waals surface area contributed by atoms with Crippen LogP contribution < -0.4 is 5.32 Å². The van der Waals surface area contributed by atoms with Gasteiger partial charge in [-0.15, -0.1) is 0 Å². The van der Waals surface area contributed by atoms with Crippen LogP contribution in [0.3, 0.4) is 0 Å². The maximum absolute atomic E-state index is 12.8. The van der Waals surface area contributed by atoms with Crippen LogP contribution in [0.15, 0.2) is 41.1 Å². The number of amides is 2. The summed E-state index contributed by atoms with van der Waals surface area (Å²) in [5, 5.41) is 6.67. The molecule has 1 N–H and O–H groups in total. The van der Waals surface area contributed by atoms with E-state index in [4.69, 9.17) is 9.26 Å². The monoisotopic (exact) mass is 367 g/mol. The molecule has 27 heavy (non-hydrogen) atoms. The van der Waals surface area contributed by atoms with E-state index in [1.807, 2.05) is 18.2 Å².